The first-order valence-corrected chi connectivity index (χ1v) is 10.0. The van der Waals surface area contributed by atoms with Gasteiger partial charge in [-0.25, -0.2) is 4.98 Å². The SMILES string of the molecule is Cc1nnc(NC(=O)CCSc2nc3c(cc2C#N)CC(C)CC3)s1. The normalized spacial score (nSPS) is 16.1. The van der Waals surface area contributed by atoms with Crippen LogP contribution in [0.1, 0.15) is 41.6 Å². The van der Waals surface area contributed by atoms with Crippen LogP contribution in [0.2, 0.25) is 0 Å². The average Bonchev–Trinajstić information content (AvgIpc) is 2.99. The molecule has 8 heteroatoms. The van der Waals surface area contributed by atoms with Gasteiger partial charge in [-0.1, -0.05) is 18.3 Å². The number of amides is 1. The second-order valence-electron chi connectivity index (χ2n) is 6.18. The molecule has 0 spiro atoms. The number of aryl methyl sites for hydroxylation is 2. The highest BCUT2D eigenvalue weighted by molar-refractivity contribution is 7.99. The topological polar surface area (TPSA) is 91.6 Å². The van der Waals surface area contributed by atoms with Gasteiger partial charge in [0.15, 0.2) is 0 Å². The first-order chi connectivity index (χ1) is 12.0. The summed E-state index contributed by atoms with van der Waals surface area (Å²) in [7, 11) is 0. The van der Waals surface area contributed by atoms with Gasteiger partial charge in [0, 0.05) is 17.9 Å². The third kappa shape index (κ3) is 4.55. The molecule has 0 fully saturated rings. The quantitative estimate of drug-likeness (QED) is 0.808. The van der Waals surface area contributed by atoms with Crippen molar-refractivity contribution in [2.24, 2.45) is 5.92 Å². The van der Waals surface area contributed by atoms with Crippen molar-refractivity contribution >= 4 is 34.1 Å². The number of pyridine rings is 1. The number of hydrogen-bond acceptors (Lipinski definition) is 7. The number of carbonyl (C=O) groups is 1. The summed E-state index contributed by atoms with van der Waals surface area (Å²) in [4.78, 5) is 16.7. The second-order valence-corrected chi connectivity index (χ2v) is 8.44. The summed E-state index contributed by atoms with van der Waals surface area (Å²) in [6.07, 6.45) is 3.43. The Bertz CT molecular complexity index is 827. The van der Waals surface area contributed by atoms with Crippen LogP contribution in [0.15, 0.2) is 11.1 Å². The van der Waals surface area contributed by atoms with Gasteiger partial charge in [0.2, 0.25) is 11.0 Å². The Hall–Kier alpha value is -1.98. The van der Waals surface area contributed by atoms with E-state index in [9.17, 15) is 10.1 Å². The van der Waals surface area contributed by atoms with Gasteiger partial charge in [0.1, 0.15) is 16.1 Å². The number of rotatable bonds is 5. The van der Waals surface area contributed by atoms with Crippen LogP contribution in [0.4, 0.5) is 5.13 Å². The highest BCUT2D eigenvalue weighted by Crippen LogP contribution is 2.29. The van der Waals surface area contributed by atoms with Gasteiger partial charge in [-0.3, -0.25) is 4.79 Å². The Morgan fingerprint density at radius 1 is 1.52 bits per heavy atom. The number of fused-ring (bicyclic) bond motifs is 1. The van der Waals surface area contributed by atoms with E-state index in [1.165, 1.54) is 28.7 Å². The van der Waals surface area contributed by atoms with Crippen molar-refractivity contribution < 1.29 is 4.79 Å². The van der Waals surface area contributed by atoms with E-state index in [-0.39, 0.29) is 5.91 Å². The minimum Gasteiger partial charge on any atom is -0.301 e. The molecular weight excluding hydrogens is 354 g/mol. The number of nitrogens with zero attached hydrogens (tertiary/aromatic N) is 4. The van der Waals surface area contributed by atoms with Crippen molar-refractivity contribution in [3.8, 4) is 6.07 Å². The standard InChI is InChI=1S/C17H19N5OS2/c1-10-3-4-14-12(7-10)8-13(9-18)16(19-14)24-6-5-15(23)20-17-22-21-11(2)25-17/h8,10H,3-7H2,1-2H3,(H,20,22,23). The highest BCUT2D eigenvalue weighted by Gasteiger charge is 2.19. The maximum atomic E-state index is 12.0. The van der Waals surface area contributed by atoms with E-state index in [4.69, 9.17) is 4.98 Å². The Morgan fingerprint density at radius 2 is 2.36 bits per heavy atom. The molecule has 1 aliphatic carbocycles. The van der Waals surface area contributed by atoms with Gasteiger partial charge in [-0.05, 0) is 43.7 Å². The number of thioether (sulfide) groups is 1. The van der Waals surface area contributed by atoms with Gasteiger partial charge >= 0.3 is 0 Å². The molecule has 1 amide bonds. The van der Waals surface area contributed by atoms with E-state index >= 15 is 0 Å². The number of nitriles is 1. The number of anilines is 1. The van der Waals surface area contributed by atoms with Gasteiger partial charge in [-0.15, -0.1) is 22.0 Å². The van der Waals surface area contributed by atoms with Gasteiger partial charge in [-0.2, -0.15) is 5.26 Å². The lowest BCUT2D eigenvalue weighted by Gasteiger charge is -2.21. The molecule has 130 valence electrons. The number of nitrogens with one attached hydrogen (secondary N) is 1. The fourth-order valence-electron chi connectivity index (χ4n) is 2.79. The van der Waals surface area contributed by atoms with Crippen molar-refractivity contribution in [3.63, 3.8) is 0 Å². The van der Waals surface area contributed by atoms with Crippen LogP contribution in [0.5, 0.6) is 0 Å². The van der Waals surface area contributed by atoms with Gasteiger partial charge in [0.05, 0.1) is 5.56 Å². The second kappa shape index (κ2) is 7.93. The minimum atomic E-state index is -0.103. The first-order valence-electron chi connectivity index (χ1n) is 8.21. The van der Waals surface area contributed by atoms with Crippen molar-refractivity contribution in [1.82, 2.24) is 15.2 Å². The van der Waals surface area contributed by atoms with E-state index in [2.05, 4.69) is 28.5 Å². The number of hydrogen-bond donors (Lipinski definition) is 1. The lowest BCUT2D eigenvalue weighted by molar-refractivity contribution is -0.115. The summed E-state index contributed by atoms with van der Waals surface area (Å²) in [5.74, 6) is 1.11. The maximum Gasteiger partial charge on any atom is 0.227 e. The molecule has 1 aliphatic rings. The van der Waals surface area contributed by atoms with Gasteiger partial charge in [0.25, 0.3) is 0 Å². The maximum absolute atomic E-state index is 12.0. The average molecular weight is 374 g/mol. The van der Waals surface area contributed by atoms with Crippen LogP contribution in [0.25, 0.3) is 0 Å². The summed E-state index contributed by atoms with van der Waals surface area (Å²) < 4.78 is 0. The van der Waals surface area contributed by atoms with E-state index < -0.39 is 0 Å². The monoisotopic (exact) mass is 373 g/mol. The Kier molecular flexibility index (Phi) is 5.66. The molecule has 2 heterocycles. The molecule has 6 nitrogen and oxygen atoms in total. The van der Waals surface area contributed by atoms with Crippen molar-refractivity contribution in [2.45, 2.75) is 44.6 Å². The van der Waals surface area contributed by atoms with E-state index in [0.29, 0.717) is 28.8 Å². The molecule has 0 saturated carbocycles. The smallest absolute Gasteiger partial charge is 0.227 e. The fraction of sp³-hybridized carbons (Fsp3) is 0.471. The van der Waals surface area contributed by atoms with Gasteiger partial charge < -0.3 is 5.32 Å². The molecule has 0 aliphatic heterocycles. The molecule has 1 atom stereocenters. The fourth-order valence-corrected chi connectivity index (χ4v) is 4.31. The summed E-state index contributed by atoms with van der Waals surface area (Å²) in [6, 6.07) is 4.22. The molecule has 3 rings (SSSR count). The van der Waals surface area contributed by atoms with Crippen molar-refractivity contribution in [3.05, 3.63) is 27.9 Å². The lowest BCUT2D eigenvalue weighted by Crippen LogP contribution is -2.14. The van der Waals surface area contributed by atoms with Crippen molar-refractivity contribution in [1.29, 1.82) is 5.26 Å². The van der Waals surface area contributed by atoms with Crippen LogP contribution in [0, 0.1) is 24.2 Å². The summed E-state index contributed by atoms with van der Waals surface area (Å²) in [5, 5.41) is 21.9. The highest BCUT2D eigenvalue weighted by atomic mass is 32.2. The molecule has 2 aromatic rings. The molecule has 1 N–H and O–H groups in total. The molecule has 1 unspecified atom stereocenters. The minimum absolute atomic E-state index is 0.103. The Labute approximate surface area is 155 Å². The Balaban J connectivity index is 1.59. The molecule has 0 radical (unpaired) electrons. The number of carbonyl (C=O) groups excluding carboxylic acids is 1. The van der Waals surface area contributed by atoms with E-state index in [1.54, 1.807) is 0 Å². The van der Waals surface area contributed by atoms with Crippen LogP contribution < -0.4 is 5.32 Å². The molecule has 0 saturated heterocycles. The van der Waals surface area contributed by atoms with E-state index in [0.717, 1.165) is 35.0 Å². The zero-order valence-corrected chi connectivity index (χ0v) is 15.8. The largest absolute Gasteiger partial charge is 0.301 e. The van der Waals surface area contributed by atoms with Crippen LogP contribution in [0.3, 0.4) is 0 Å². The molecular formula is C17H19N5OS2. The van der Waals surface area contributed by atoms with Crippen molar-refractivity contribution in [2.75, 3.05) is 11.1 Å². The molecule has 0 aromatic carbocycles. The van der Waals surface area contributed by atoms with Crippen LogP contribution >= 0.6 is 23.1 Å². The third-order valence-electron chi connectivity index (χ3n) is 4.06. The predicted molar refractivity (Wildman–Crippen MR) is 98.8 cm³/mol. The molecule has 0 bridgehead atoms. The molecule has 2 aromatic heterocycles. The Morgan fingerprint density at radius 3 is 3.08 bits per heavy atom. The first kappa shape index (κ1) is 17.8. The zero-order chi connectivity index (χ0) is 17.8. The van der Waals surface area contributed by atoms with Crippen LogP contribution in [-0.2, 0) is 17.6 Å². The lowest BCUT2D eigenvalue weighted by atomic mass is 9.87. The van der Waals surface area contributed by atoms with E-state index in [1.807, 2.05) is 13.0 Å². The van der Waals surface area contributed by atoms with Crippen LogP contribution in [-0.4, -0.2) is 26.8 Å². The number of aromatic nitrogens is 3. The third-order valence-corrected chi connectivity index (χ3v) is 5.81. The molecule has 25 heavy (non-hydrogen) atoms. The zero-order valence-electron chi connectivity index (χ0n) is 14.2. The summed E-state index contributed by atoms with van der Waals surface area (Å²) in [6.45, 7) is 4.07. The summed E-state index contributed by atoms with van der Waals surface area (Å²) >= 11 is 2.81. The summed E-state index contributed by atoms with van der Waals surface area (Å²) in [5.41, 5.74) is 2.91. The predicted octanol–water partition coefficient (Wildman–Crippen LogP) is 3.36.